The highest BCUT2D eigenvalue weighted by Crippen LogP contribution is 2.29. The maximum Gasteiger partial charge on any atom is 0.287 e. The summed E-state index contributed by atoms with van der Waals surface area (Å²) in [5.74, 6) is 0.861. The monoisotopic (exact) mass is 292 g/mol. The zero-order chi connectivity index (χ0) is 15.8. The second-order valence-electron chi connectivity index (χ2n) is 6.36. The number of furan rings is 1. The van der Waals surface area contributed by atoms with Gasteiger partial charge < -0.3 is 15.5 Å². The number of hydrogen-bond acceptors (Lipinski definition) is 4. The minimum Gasteiger partial charge on any atom is -0.455 e. The number of Topliss-reactive ketones (excluding diaryl/α,β-unsaturated/α-hetero) is 1. The Hall–Kier alpha value is -1.62. The highest BCUT2D eigenvalue weighted by Gasteiger charge is 2.33. The Morgan fingerprint density at radius 3 is 2.62 bits per heavy atom. The van der Waals surface area contributed by atoms with Crippen LogP contribution in [-0.4, -0.2) is 23.8 Å². The number of nitrogens with two attached hydrogens (primary N) is 1. The summed E-state index contributed by atoms with van der Waals surface area (Å²) in [5.41, 5.74) is 6.54. The Kier molecular flexibility index (Phi) is 4.23. The molecule has 0 aromatic carbocycles. The molecule has 0 saturated carbocycles. The van der Waals surface area contributed by atoms with E-state index >= 15 is 0 Å². The van der Waals surface area contributed by atoms with Crippen molar-refractivity contribution in [3.63, 3.8) is 0 Å². The van der Waals surface area contributed by atoms with Crippen molar-refractivity contribution in [3.05, 3.63) is 22.6 Å². The largest absolute Gasteiger partial charge is 0.455 e. The van der Waals surface area contributed by atoms with Gasteiger partial charge in [0.15, 0.2) is 11.5 Å². The van der Waals surface area contributed by atoms with Crippen molar-refractivity contribution in [2.24, 2.45) is 11.7 Å². The summed E-state index contributed by atoms with van der Waals surface area (Å²) in [6.45, 7) is 8.05. The van der Waals surface area contributed by atoms with Crippen molar-refractivity contribution in [3.8, 4) is 0 Å². The van der Waals surface area contributed by atoms with Crippen LogP contribution in [0.3, 0.4) is 0 Å². The first-order valence-electron chi connectivity index (χ1n) is 7.48. The smallest absolute Gasteiger partial charge is 0.287 e. The maximum atomic E-state index is 12.5. The van der Waals surface area contributed by atoms with Crippen LogP contribution in [0.4, 0.5) is 0 Å². The number of fused-ring (bicyclic) bond motifs is 1. The van der Waals surface area contributed by atoms with E-state index in [4.69, 9.17) is 10.2 Å². The molecule has 1 atom stereocenters. The first-order chi connectivity index (χ1) is 9.80. The van der Waals surface area contributed by atoms with Gasteiger partial charge in [-0.15, -0.1) is 0 Å². The number of carbonyl (C=O) groups is 2. The van der Waals surface area contributed by atoms with Gasteiger partial charge in [-0.25, -0.2) is 0 Å². The van der Waals surface area contributed by atoms with E-state index in [-0.39, 0.29) is 23.4 Å². The molecule has 1 aromatic heterocycles. The van der Waals surface area contributed by atoms with Crippen molar-refractivity contribution in [2.45, 2.75) is 52.5 Å². The number of aryl methyl sites for hydroxylation is 1. The molecule has 5 nitrogen and oxygen atoms in total. The van der Waals surface area contributed by atoms with E-state index in [1.807, 2.05) is 20.8 Å². The van der Waals surface area contributed by atoms with E-state index in [1.54, 1.807) is 6.92 Å². The topological polar surface area (TPSA) is 85.3 Å². The average Bonchev–Trinajstić information content (AvgIpc) is 2.77. The molecule has 1 aliphatic carbocycles. The molecule has 0 aliphatic heterocycles. The van der Waals surface area contributed by atoms with Crippen LogP contribution in [0.25, 0.3) is 0 Å². The predicted octanol–water partition coefficient (Wildman–Crippen LogP) is 2.21. The predicted molar refractivity (Wildman–Crippen MR) is 80.5 cm³/mol. The molecule has 21 heavy (non-hydrogen) atoms. The summed E-state index contributed by atoms with van der Waals surface area (Å²) in [4.78, 5) is 24.5. The first kappa shape index (κ1) is 15.8. The van der Waals surface area contributed by atoms with Crippen LogP contribution in [0.2, 0.25) is 0 Å². The minimum absolute atomic E-state index is 0.0713. The molecule has 1 amide bonds. The van der Waals surface area contributed by atoms with Gasteiger partial charge >= 0.3 is 0 Å². The standard InChI is InChI=1S/C16H24N2O3/c1-9(2)16(4,8-17)18-15(20)14-10(3)13-11(19)6-5-7-12(13)21-14/h9H,5-8,17H2,1-4H3,(H,18,20). The van der Waals surface area contributed by atoms with Gasteiger partial charge in [-0.05, 0) is 26.2 Å². The zero-order valence-electron chi connectivity index (χ0n) is 13.2. The van der Waals surface area contributed by atoms with E-state index in [0.717, 1.165) is 6.42 Å². The summed E-state index contributed by atoms with van der Waals surface area (Å²) in [5, 5.41) is 2.95. The summed E-state index contributed by atoms with van der Waals surface area (Å²) < 4.78 is 5.67. The number of rotatable bonds is 4. The third kappa shape index (κ3) is 2.75. The lowest BCUT2D eigenvalue weighted by molar-refractivity contribution is 0.0850. The molecule has 116 valence electrons. The van der Waals surface area contributed by atoms with E-state index < -0.39 is 5.54 Å². The Labute approximate surface area is 125 Å². The van der Waals surface area contributed by atoms with Crippen LogP contribution in [0.1, 0.15) is 65.8 Å². The summed E-state index contributed by atoms with van der Waals surface area (Å²) in [7, 11) is 0. The van der Waals surface area contributed by atoms with Gasteiger partial charge in [0.1, 0.15) is 5.76 Å². The van der Waals surface area contributed by atoms with Crippen LogP contribution >= 0.6 is 0 Å². The number of carbonyl (C=O) groups excluding carboxylic acids is 2. The lowest BCUT2D eigenvalue weighted by Crippen LogP contribution is -2.55. The van der Waals surface area contributed by atoms with Gasteiger partial charge in [0.05, 0.1) is 11.1 Å². The molecular formula is C16H24N2O3. The molecule has 5 heteroatoms. The second-order valence-corrected chi connectivity index (χ2v) is 6.36. The quantitative estimate of drug-likeness (QED) is 0.891. The van der Waals surface area contributed by atoms with Gasteiger partial charge in [-0.3, -0.25) is 9.59 Å². The van der Waals surface area contributed by atoms with Gasteiger partial charge in [-0.2, -0.15) is 0 Å². The summed E-state index contributed by atoms with van der Waals surface area (Å²) in [6, 6.07) is 0. The molecule has 3 N–H and O–H groups in total. The molecule has 0 saturated heterocycles. The number of amides is 1. The first-order valence-corrected chi connectivity index (χ1v) is 7.48. The highest BCUT2D eigenvalue weighted by molar-refractivity contribution is 6.03. The molecule has 2 rings (SSSR count). The third-order valence-electron chi connectivity index (χ3n) is 4.61. The molecule has 1 aromatic rings. The molecule has 0 spiro atoms. The van der Waals surface area contributed by atoms with E-state index in [1.165, 1.54) is 0 Å². The lowest BCUT2D eigenvalue weighted by atomic mass is 9.88. The number of hydrogen-bond donors (Lipinski definition) is 2. The minimum atomic E-state index is -0.499. The van der Waals surface area contributed by atoms with Crippen molar-refractivity contribution < 1.29 is 14.0 Å². The normalized spacial score (nSPS) is 17.5. The maximum absolute atomic E-state index is 12.5. The molecule has 1 aliphatic rings. The van der Waals surface area contributed by atoms with Gasteiger partial charge in [-0.1, -0.05) is 13.8 Å². The van der Waals surface area contributed by atoms with Crippen LogP contribution in [-0.2, 0) is 6.42 Å². The van der Waals surface area contributed by atoms with E-state index in [2.05, 4.69) is 5.32 Å². The summed E-state index contributed by atoms with van der Waals surface area (Å²) >= 11 is 0. The number of nitrogens with one attached hydrogen (secondary N) is 1. The fraction of sp³-hybridized carbons (Fsp3) is 0.625. The molecule has 0 fully saturated rings. The molecular weight excluding hydrogens is 268 g/mol. The van der Waals surface area contributed by atoms with Crippen LogP contribution in [0, 0.1) is 12.8 Å². The van der Waals surface area contributed by atoms with Crippen molar-refractivity contribution in [2.75, 3.05) is 6.54 Å². The van der Waals surface area contributed by atoms with Crippen LogP contribution in [0.5, 0.6) is 0 Å². The zero-order valence-corrected chi connectivity index (χ0v) is 13.2. The fourth-order valence-electron chi connectivity index (χ4n) is 2.61. The average molecular weight is 292 g/mol. The van der Waals surface area contributed by atoms with Crippen LogP contribution in [0.15, 0.2) is 4.42 Å². The van der Waals surface area contributed by atoms with Crippen molar-refractivity contribution >= 4 is 11.7 Å². The lowest BCUT2D eigenvalue weighted by Gasteiger charge is -2.33. The fourth-order valence-corrected chi connectivity index (χ4v) is 2.61. The van der Waals surface area contributed by atoms with Crippen LogP contribution < -0.4 is 11.1 Å². The Morgan fingerprint density at radius 1 is 1.43 bits per heavy atom. The Balaban J connectivity index is 2.31. The third-order valence-corrected chi connectivity index (χ3v) is 4.61. The van der Waals surface area contributed by atoms with E-state index in [0.29, 0.717) is 36.3 Å². The van der Waals surface area contributed by atoms with E-state index in [9.17, 15) is 9.59 Å². The molecule has 1 heterocycles. The molecule has 1 unspecified atom stereocenters. The number of ketones is 1. The van der Waals surface area contributed by atoms with Gasteiger partial charge in [0.2, 0.25) is 0 Å². The molecule has 0 radical (unpaired) electrons. The highest BCUT2D eigenvalue weighted by atomic mass is 16.4. The van der Waals surface area contributed by atoms with Gasteiger partial charge in [0, 0.05) is 24.9 Å². The summed E-state index contributed by atoms with van der Waals surface area (Å²) in [6.07, 6.45) is 2.03. The Morgan fingerprint density at radius 2 is 2.10 bits per heavy atom. The van der Waals surface area contributed by atoms with Crippen molar-refractivity contribution in [1.29, 1.82) is 0 Å². The van der Waals surface area contributed by atoms with Gasteiger partial charge in [0.25, 0.3) is 5.91 Å². The molecule has 0 bridgehead atoms. The SMILES string of the molecule is Cc1c(C(=O)NC(C)(CN)C(C)C)oc2c1C(=O)CCC2. The second kappa shape index (κ2) is 5.64. The van der Waals surface area contributed by atoms with Crippen molar-refractivity contribution in [1.82, 2.24) is 5.32 Å². The Bertz CT molecular complexity index is 574.